The predicted molar refractivity (Wildman–Crippen MR) is 135 cm³/mol. The zero-order valence-corrected chi connectivity index (χ0v) is 20.9. The Bertz CT molecular complexity index is 1260. The number of nitrogens with zero attached hydrogens (tertiary/aromatic N) is 4. The molecule has 1 aliphatic heterocycles. The van der Waals surface area contributed by atoms with E-state index in [2.05, 4.69) is 15.2 Å². The topological polar surface area (TPSA) is 114 Å². The van der Waals surface area contributed by atoms with E-state index >= 15 is 0 Å². The number of piperazine rings is 1. The second-order valence-corrected chi connectivity index (χ2v) is 9.59. The molecule has 0 aliphatic carbocycles. The third kappa shape index (κ3) is 5.22. The van der Waals surface area contributed by atoms with Gasteiger partial charge >= 0.3 is 6.09 Å². The summed E-state index contributed by atoms with van der Waals surface area (Å²) in [6.45, 7) is 8.01. The molecule has 1 aromatic carbocycles. The lowest BCUT2D eigenvalue weighted by Crippen LogP contribution is -2.50. The van der Waals surface area contributed by atoms with Crippen molar-refractivity contribution in [1.82, 2.24) is 14.3 Å². The molecule has 3 N–H and O–H groups in total. The summed E-state index contributed by atoms with van der Waals surface area (Å²) in [5.74, 6) is -0.0503. The lowest BCUT2D eigenvalue weighted by molar-refractivity contribution is 0.0240. The fourth-order valence-corrected chi connectivity index (χ4v) is 4.23. The Morgan fingerprint density at radius 3 is 2.46 bits per heavy atom. The summed E-state index contributed by atoms with van der Waals surface area (Å²) in [6, 6.07) is 7.35. The first-order chi connectivity index (χ1) is 16.6. The van der Waals surface area contributed by atoms with Crippen LogP contribution in [0.4, 0.5) is 21.9 Å². The Labute approximate surface area is 208 Å². The molecule has 2 aromatic heterocycles. The summed E-state index contributed by atoms with van der Waals surface area (Å²) in [4.78, 5) is 32.7. The molecule has 0 atom stereocenters. The van der Waals surface area contributed by atoms with Gasteiger partial charge in [-0.1, -0.05) is 11.6 Å². The van der Waals surface area contributed by atoms with E-state index in [0.29, 0.717) is 54.1 Å². The molecule has 11 heteroatoms. The second kappa shape index (κ2) is 9.53. The molecule has 35 heavy (non-hydrogen) atoms. The average Bonchev–Trinajstić information content (AvgIpc) is 3.28. The molecular formula is C24H29ClN6O4. The van der Waals surface area contributed by atoms with Crippen LogP contribution in [0.1, 0.15) is 31.1 Å². The number of imidazole rings is 1. The number of amides is 2. The molecule has 1 aliphatic rings. The maximum atomic E-state index is 12.3. The molecule has 1 fully saturated rings. The highest BCUT2D eigenvalue weighted by molar-refractivity contribution is 6.30. The minimum atomic E-state index is -0.626. The maximum Gasteiger partial charge on any atom is 0.410 e. The van der Waals surface area contributed by atoms with Gasteiger partial charge in [0.15, 0.2) is 5.65 Å². The number of anilines is 3. The van der Waals surface area contributed by atoms with Gasteiger partial charge in [-0.2, -0.15) is 0 Å². The van der Waals surface area contributed by atoms with Crippen molar-refractivity contribution < 1.29 is 19.1 Å². The molecule has 0 saturated carbocycles. The van der Waals surface area contributed by atoms with E-state index < -0.39 is 11.5 Å². The van der Waals surface area contributed by atoms with Gasteiger partial charge in [-0.25, -0.2) is 9.78 Å². The zero-order valence-electron chi connectivity index (χ0n) is 20.2. The van der Waals surface area contributed by atoms with Gasteiger partial charge in [0.05, 0.1) is 18.5 Å². The third-order valence-electron chi connectivity index (χ3n) is 5.62. The van der Waals surface area contributed by atoms with Gasteiger partial charge < -0.3 is 30.3 Å². The normalized spacial score (nSPS) is 14.2. The van der Waals surface area contributed by atoms with E-state index in [0.717, 1.165) is 5.69 Å². The number of fused-ring (bicyclic) bond motifs is 1. The first-order valence-corrected chi connectivity index (χ1v) is 11.6. The number of nitrogens with two attached hydrogens (primary N) is 1. The lowest BCUT2D eigenvalue weighted by Gasteiger charge is -2.37. The average molecular weight is 501 g/mol. The summed E-state index contributed by atoms with van der Waals surface area (Å²) in [5.41, 5.74) is 7.74. The highest BCUT2D eigenvalue weighted by Gasteiger charge is 2.26. The quantitative estimate of drug-likeness (QED) is 0.510. The van der Waals surface area contributed by atoms with Crippen molar-refractivity contribution in [3.63, 3.8) is 0 Å². The number of hydrogen-bond acceptors (Lipinski definition) is 7. The summed E-state index contributed by atoms with van der Waals surface area (Å²) in [5, 5.41) is 3.60. The number of hydrogen-bond donors (Lipinski definition) is 2. The smallest absolute Gasteiger partial charge is 0.410 e. The van der Waals surface area contributed by atoms with Gasteiger partial charge in [-0.3, -0.25) is 9.20 Å². The van der Waals surface area contributed by atoms with Crippen LogP contribution in [0.15, 0.2) is 36.7 Å². The van der Waals surface area contributed by atoms with Crippen molar-refractivity contribution in [2.24, 2.45) is 5.73 Å². The van der Waals surface area contributed by atoms with Crippen LogP contribution < -0.4 is 20.7 Å². The van der Waals surface area contributed by atoms with Crippen LogP contribution >= 0.6 is 11.6 Å². The van der Waals surface area contributed by atoms with Crippen molar-refractivity contribution >= 4 is 46.3 Å². The molecule has 0 spiro atoms. The van der Waals surface area contributed by atoms with Crippen molar-refractivity contribution in [3.05, 3.63) is 47.4 Å². The van der Waals surface area contributed by atoms with E-state index in [-0.39, 0.29) is 11.7 Å². The molecule has 186 valence electrons. The molecular weight excluding hydrogens is 472 g/mol. The molecule has 1 saturated heterocycles. The third-order valence-corrected chi connectivity index (χ3v) is 5.92. The summed E-state index contributed by atoms with van der Waals surface area (Å²) in [6.07, 6.45) is 2.91. The van der Waals surface area contributed by atoms with Crippen LogP contribution in [-0.4, -0.2) is 65.2 Å². The SMILES string of the molecule is COc1cc(N2CCN(C(=O)OC(C)(C)C)CC2)ccc1Nc1cc(Cl)n2ccnc2c1C(N)=O. The van der Waals surface area contributed by atoms with Crippen LogP contribution in [0.2, 0.25) is 5.15 Å². The molecule has 2 amide bonds. The summed E-state index contributed by atoms with van der Waals surface area (Å²) < 4.78 is 12.7. The van der Waals surface area contributed by atoms with Gasteiger partial charge in [0.25, 0.3) is 5.91 Å². The molecule has 3 heterocycles. The monoisotopic (exact) mass is 500 g/mol. The number of pyridine rings is 1. The van der Waals surface area contributed by atoms with Crippen LogP contribution in [0, 0.1) is 0 Å². The summed E-state index contributed by atoms with van der Waals surface area (Å²) >= 11 is 6.37. The van der Waals surface area contributed by atoms with Gasteiger partial charge in [0.1, 0.15) is 22.1 Å². The second-order valence-electron chi connectivity index (χ2n) is 9.20. The largest absolute Gasteiger partial charge is 0.494 e. The number of halogens is 1. The van der Waals surface area contributed by atoms with Crippen molar-refractivity contribution in [2.75, 3.05) is 43.5 Å². The minimum absolute atomic E-state index is 0.226. The van der Waals surface area contributed by atoms with E-state index in [1.54, 1.807) is 34.9 Å². The van der Waals surface area contributed by atoms with E-state index in [9.17, 15) is 9.59 Å². The van der Waals surface area contributed by atoms with Gasteiger partial charge in [-0.05, 0) is 39.0 Å². The number of nitrogens with one attached hydrogen (secondary N) is 1. The molecule has 0 radical (unpaired) electrons. The minimum Gasteiger partial charge on any atom is -0.494 e. The van der Waals surface area contributed by atoms with E-state index in [1.807, 2.05) is 39.0 Å². The maximum absolute atomic E-state index is 12.3. The first kappa shape index (κ1) is 24.5. The Balaban J connectivity index is 1.53. The number of benzene rings is 1. The van der Waals surface area contributed by atoms with Crippen molar-refractivity contribution in [3.8, 4) is 5.75 Å². The Morgan fingerprint density at radius 1 is 1.11 bits per heavy atom. The Hall–Kier alpha value is -3.66. The molecule has 3 aromatic rings. The predicted octanol–water partition coefficient (Wildman–Crippen LogP) is 3.90. The summed E-state index contributed by atoms with van der Waals surface area (Å²) in [7, 11) is 1.57. The highest BCUT2D eigenvalue weighted by Crippen LogP contribution is 2.35. The van der Waals surface area contributed by atoms with Crippen molar-refractivity contribution in [1.29, 1.82) is 0 Å². The van der Waals surface area contributed by atoms with E-state index in [4.69, 9.17) is 26.8 Å². The van der Waals surface area contributed by atoms with Crippen LogP contribution in [0.25, 0.3) is 5.65 Å². The molecule has 4 rings (SSSR count). The standard InChI is InChI=1S/C24H29ClN6O4/c1-24(2,3)35-23(33)30-11-9-29(10-12-30)15-5-6-16(18(13-15)34-4)28-17-14-19(25)31-8-7-27-22(31)20(17)21(26)32/h5-8,13-14,28H,9-12H2,1-4H3,(H2,26,32). The fraction of sp³-hybridized carbons (Fsp3) is 0.375. The fourth-order valence-electron chi connectivity index (χ4n) is 3.98. The first-order valence-electron chi connectivity index (χ1n) is 11.2. The van der Waals surface area contributed by atoms with E-state index in [1.165, 1.54) is 0 Å². The van der Waals surface area contributed by atoms with Gasteiger partial charge in [0.2, 0.25) is 0 Å². The molecule has 10 nitrogen and oxygen atoms in total. The van der Waals surface area contributed by atoms with Crippen molar-refractivity contribution in [2.45, 2.75) is 26.4 Å². The number of aromatic nitrogens is 2. The van der Waals surface area contributed by atoms with Gasteiger partial charge in [-0.15, -0.1) is 0 Å². The number of ether oxygens (including phenoxy) is 2. The zero-order chi connectivity index (χ0) is 25.3. The van der Waals surface area contributed by atoms with Crippen LogP contribution in [-0.2, 0) is 4.74 Å². The number of methoxy groups -OCH3 is 1. The number of carbonyl (C=O) groups excluding carboxylic acids is 2. The molecule has 0 unspecified atom stereocenters. The number of carbonyl (C=O) groups is 2. The van der Waals surface area contributed by atoms with Gasteiger partial charge in [0, 0.05) is 50.3 Å². The number of primary amides is 1. The Kier molecular flexibility index (Phi) is 6.66. The van der Waals surface area contributed by atoms with Crippen LogP contribution in [0.5, 0.6) is 5.75 Å². The Morgan fingerprint density at radius 2 is 1.83 bits per heavy atom. The highest BCUT2D eigenvalue weighted by atomic mass is 35.5. The number of rotatable bonds is 5. The van der Waals surface area contributed by atoms with Crippen LogP contribution in [0.3, 0.4) is 0 Å². The molecule has 0 bridgehead atoms. The lowest BCUT2D eigenvalue weighted by atomic mass is 10.1.